The van der Waals surface area contributed by atoms with E-state index in [2.05, 4.69) is 15.5 Å². The van der Waals surface area contributed by atoms with E-state index in [9.17, 15) is 22.4 Å². The molecule has 0 aliphatic carbocycles. The summed E-state index contributed by atoms with van der Waals surface area (Å²) < 4.78 is 50.8. The van der Waals surface area contributed by atoms with Crippen LogP contribution in [0.2, 0.25) is 5.02 Å². The van der Waals surface area contributed by atoms with Crippen molar-refractivity contribution in [2.75, 3.05) is 36.4 Å². The molecule has 2 aromatic rings. The monoisotopic (exact) mass is 409 g/mol. The molecule has 0 saturated carbocycles. The number of benzene rings is 1. The highest BCUT2D eigenvalue weighted by molar-refractivity contribution is 7.15. The van der Waals surface area contributed by atoms with Crippen LogP contribution in [0.25, 0.3) is 0 Å². The Morgan fingerprint density at radius 2 is 1.88 bits per heavy atom. The topological polar surface area (TPSA) is 61.4 Å². The first-order chi connectivity index (χ1) is 12.2. The lowest BCUT2D eigenvalue weighted by molar-refractivity contribution is -0.138. The van der Waals surface area contributed by atoms with Crippen LogP contribution in [0.5, 0.6) is 0 Å². The van der Waals surface area contributed by atoms with Gasteiger partial charge in [-0.3, -0.25) is 0 Å². The molecule has 12 heteroatoms. The van der Waals surface area contributed by atoms with E-state index in [1.54, 1.807) is 4.90 Å². The molecule has 3 rings (SSSR count). The van der Waals surface area contributed by atoms with Crippen LogP contribution in [-0.2, 0) is 6.18 Å². The van der Waals surface area contributed by atoms with Crippen LogP contribution >= 0.6 is 22.9 Å². The van der Waals surface area contributed by atoms with E-state index in [-0.39, 0.29) is 28.9 Å². The van der Waals surface area contributed by atoms with Crippen molar-refractivity contribution in [2.24, 2.45) is 0 Å². The Morgan fingerprint density at radius 3 is 2.46 bits per heavy atom. The summed E-state index contributed by atoms with van der Waals surface area (Å²) in [6.07, 6.45) is -4.52. The zero-order valence-electron chi connectivity index (χ0n) is 13.1. The molecule has 0 spiro atoms. The number of halogens is 5. The Hall–Kier alpha value is -2.14. The van der Waals surface area contributed by atoms with Crippen LogP contribution in [-0.4, -0.2) is 47.3 Å². The number of alkyl halides is 3. The number of urea groups is 1. The molecule has 1 aromatic heterocycles. The summed E-state index contributed by atoms with van der Waals surface area (Å²) in [5, 5.41) is 8.54. The van der Waals surface area contributed by atoms with Gasteiger partial charge in [0.1, 0.15) is 5.82 Å². The van der Waals surface area contributed by atoms with Crippen LogP contribution in [0.15, 0.2) is 18.2 Å². The lowest BCUT2D eigenvalue weighted by Crippen LogP contribution is -2.50. The van der Waals surface area contributed by atoms with Crippen molar-refractivity contribution < 1.29 is 22.4 Å². The Bertz CT molecular complexity index is 807. The predicted octanol–water partition coefficient (Wildman–Crippen LogP) is 3.70. The number of nitrogens with zero attached hydrogens (tertiary/aromatic N) is 4. The molecule has 1 aliphatic rings. The van der Waals surface area contributed by atoms with E-state index in [4.69, 9.17) is 11.6 Å². The van der Waals surface area contributed by atoms with Gasteiger partial charge < -0.3 is 15.1 Å². The Labute approximate surface area is 154 Å². The Balaban J connectivity index is 1.58. The minimum Gasteiger partial charge on any atom is -0.343 e. The average molecular weight is 410 g/mol. The van der Waals surface area contributed by atoms with Gasteiger partial charge in [0.15, 0.2) is 0 Å². The number of hydrogen-bond acceptors (Lipinski definition) is 5. The summed E-state index contributed by atoms with van der Waals surface area (Å²) in [7, 11) is 0. The van der Waals surface area contributed by atoms with Gasteiger partial charge in [-0.1, -0.05) is 22.9 Å². The van der Waals surface area contributed by atoms with Crippen molar-refractivity contribution in [3.05, 3.63) is 34.0 Å². The van der Waals surface area contributed by atoms with Crippen LogP contribution in [0, 0.1) is 5.82 Å². The first-order valence-electron chi connectivity index (χ1n) is 7.40. The SMILES string of the molecule is O=C(Nc1ccc(F)cc1Cl)N1CCN(c2nnc(C(F)(F)F)s2)CC1. The Morgan fingerprint density at radius 1 is 1.19 bits per heavy atom. The van der Waals surface area contributed by atoms with E-state index >= 15 is 0 Å². The van der Waals surface area contributed by atoms with E-state index in [0.29, 0.717) is 24.4 Å². The van der Waals surface area contributed by atoms with Crippen molar-refractivity contribution in [3.8, 4) is 0 Å². The van der Waals surface area contributed by atoms with Crippen LogP contribution in [0.3, 0.4) is 0 Å². The first kappa shape index (κ1) is 18.6. The predicted molar refractivity (Wildman–Crippen MR) is 89.1 cm³/mol. The molecule has 0 bridgehead atoms. The summed E-state index contributed by atoms with van der Waals surface area (Å²) in [5.74, 6) is -0.517. The van der Waals surface area contributed by atoms with Crippen molar-refractivity contribution >= 4 is 39.8 Å². The van der Waals surface area contributed by atoms with Gasteiger partial charge in [0.25, 0.3) is 0 Å². The third-order valence-electron chi connectivity index (χ3n) is 3.67. The van der Waals surface area contributed by atoms with Gasteiger partial charge in [-0.25, -0.2) is 9.18 Å². The molecule has 1 saturated heterocycles. The zero-order chi connectivity index (χ0) is 18.9. The maximum Gasteiger partial charge on any atom is 0.445 e. The summed E-state index contributed by atoms with van der Waals surface area (Å²) >= 11 is 6.34. The number of hydrogen-bond donors (Lipinski definition) is 1. The largest absolute Gasteiger partial charge is 0.445 e. The number of nitrogens with one attached hydrogen (secondary N) is 1. The molecular weight excluding hydrogens is 398 g/mol. The van der Waals surface area contributed by atoms with E-state index < -0.39 is 23.0 Å². The fourth-order valence-corrected chi connectivity index (χ4v) is 3.32. The van der Waals surface area contributed by atoms with Crippen molar-refractivity contribution in [1.29, 1.82) is 0 Å². The Kier molecular flexibility index (Phi) is 5.19. The lowest BCUT2D eigenvalue weighted by Gasteiger charge is -2.34. The highest BCUT2D eigenvalue weighted by Gasteiger charge is 2.36. The molecule has 6 nitrogen and oxygen atoms in total. The summed E-state index contributed by atoms with van der Waals surface area (Å²) in [5.41, 5.74) is 0.277. The van der Waals surface area contributed by atoms with Crippen molar-refractivity contribution in [3.63, 3.8) is 0 Å². The van der Waals surface area contributed by atoms with Gasteiger partial charge in [-0.2, -0.15) is 13.2 Å². The molecule has 0 radical (unpaired) electrons. The molecule has 0 atom stereocenters. The number of amides is 2. The summed E-state index contributed by atoms with van der Waals surface area (Å²) in [4.78, 5) is 15.4. The van der Waals surface area contributed by atoms with E-state index in [1.807, 2.05) is 0 Å². The van der Waals surface area contributed by atoms with Crippen LogP contribution < -0.4 is 10.2 Å². The van der Waals surface area contributed by atoms with Gasteiger partial charge in [-0.15, -0.1) is 10.2 Å². The van der Waals surface area contributed by atoms with E-state index in [0.717, 1.165) is 6.07 Å². The first-order valence-corrected chi connectivity index (χ1v) is 8.60. The second-order valence-electron chi connectivity index (χ2n) is 5.42. The molecule has 26 heavy (non-hydrogen) atoms. The zero-order valence-corrected chi connectivity index (χ0v) is 14.6. The molecule has 2 amide bonds. The maximum absolute atomic E-state index is 13.0. The van der Waals surface area contributed by atoms with E-state index in [1.165, 1.54) is 17.0 Å². The molecule has 140 valence electrons. The highest BCUT2D eigenvalue weighted by atomic mass is 35.5. The third kappa shape index (κ3) is 4.15. The smallest absolute Gasteiger partial charge is 0.343 e. The molecule has 1 aliphatic heterocycles. The third-order valence-corrected chi connectivity index (χ3v) is 5.01. The molecule has 0 unspecified atom stereocenters. The summed E-state index contributed by atoms with van der Waals surface area (Å²) in [6, 6.07) is 3.19. The maximum atomic E-state index is 13.0. The van der Waals surface area contributed by atoms with Crippen molar-refractivity contribution in [1.82, 2.24) is 15.1 Å². The second-order valence-corrected chi connectivity index (χ2v) is 6.78. The summed E-state index contributed by atoms with van der Waals surface area (Å²) in [6.45, 7) is 1.20. The fourth-order valence-electron chi connectivity index (χ4n) is 2.34. The number of aromatic nitrogens is 2. The van der Waals surface area contributed by atoms with Gasteiger partial charge >= 0.3 is 12.2 Å². The van der Waals surface area contributed by atoms with Gasteiger partial charge in [-0.05, 0) is 18.2 Å². The number of piperazine rings is 1. The molecule has 1 aromatic carbocycles. The molecular formula is C14H12ClF4N5OS. The fraction of sp³-hybridized carbons (Fsp3) is 0.357. The second kappa shape index (κ2) is 7.23. The van der Waals surface area contributed by atoms with Crippen LogP contribution in [0.4, 0.5) is 33.2 Å². The number of carbonyl (C=O) groups excluding carboxylic acids is 1. The van der Waals surface area contributed by atoms with Gasteiger partial charge in [0, 0.05) is 26.2 Å². The quantitative estimate of drug-likeness (QED) is 0.768. The molecule has 2 heterocycles. The van der Waals surface area contributed by atoms with Gasteiger partial charge in [0.05, 0.1) is 10.7 Å². The number of rotatable bonds is 2. The molecule has 1 fully saturated rings. The van der Waals surface area contributed by atoms with Crippen molar-refractivity contribution in [2.45, 2.75) is 6.18 Å². The minimum atomic E-state index is -4.52. The standard InChI is InChI=1S/C14H12ClF4N5OS/c15-9-7-8(16)1-2-10(9)20-12(25)23-3-5-24(6-4-23)13-22-21-11(26-13)14(17,18)19/h1-2,7H,3-6H2,(H,20,25). The normalized spacial score (nSPS) is 15.3. The van der Waals surface area contributed by atoms with Crippen LogP contribution in [0.1, 0.15) is 5.01 Å². The number of anilines is 2. The lowest BCUT2D eigenvalue weighted by atomic mass is 10.3. The number of carbonyl (C=O) groups is 1. The van der Waals surface area contributed by atoms with Gasteiger partial charge in [0.2, 0.25) is 10.1 Å². The highest BCUT2D eigenvalue weighted by Crippen LogP contribution is 2.34. The molecule has 1 N–H and O–H groups in total. The average Bonchev–Trinajstić information content (AvgIpc) is 3.08. The minimum absolute atomic E-state index is 0.0746.